The number of rotatable bonds is 3. The third kappa shape index (κ3) is 3.97. The van der Waals surface area contributed by atoms with Gasteiger partial charge in [-0.15, -0.1) is 0 Å². The average Bonchev–Trinajstić information content (AvgIpc) is 2.56. The minimum Gasteiger partial charge on any atom is -0.393 e. The lowest BCUT2D eigenvalue weighted by Gasteiger charge is -2.24. The normalized spacial score (nSPS) is 17.7. The van der Waals surface area contributed by atoms with Crippen LogP contribution in [-0.2, 0) is 12.8 Å². The van der Waals surface area contributed by atoms with Crippen LogP contribution >= 0.6 is 15.9 Å². The van der Waals surface area contributed by atoms with Crippen molar-refractivity contribution in [3.05, 3.63) is 63.6 Å². The zero-order valence-electron chi connectivity index (χ0n) is 13.6. The molecule has 2 unspecified atom stereocenters. The first-order valence-electron chi connectivity index (χ1n) is 8.14. The largest absolute Gasteiger partial charge is 0.393 e. The molecular formula is C19H21BrN2O2. The lowest BCUT2D eigenvalue weighted by Crippen LogP contribution is -2.32. The van der Waals surface area contributed by atoms with E-state index in [2.05, 4.69) is 32.6 Å². The van der Waals surface area contributed by atoms with Gasteiger partial charge in [0.15, 0.2) is 0 Å². The second kappa shape index (κ2) is 7.36. The molecule has 2 atom stereocenters. The van der Waals surface area contributed by atoms with Crippen molar-refractivity contribution in [3.63, 3.8) is 0 Å². The number of amides is 2. The third-order valence-electron chi connectivity index (χ3n) is 4.43. The zero-order chi connectivity index (χ0) is 17.1. The van der Waals surface area contributed by atoms with Crippen LogP contribution in [0.2, 0.25) is 0 Å². The lowest BCUT2D eigenvalue weighted by atomic mass is 9.88. The predicted octanol–water partition coefficient (Wildman–Crippen LogP) is 4.18. The van der Waals surface area contributed by atoms with Crippen molar-refractivity contribution >= 4 is 27.6 Å². The van der Waals surface area contributed by atoms with E-state index in [1.165, 1.54) is 5.56 Å². The van der Waals surface area contributed by atoms with Gasteiger partial charge in [-0.1, -0.05) is 40.2 Å². The molecular weight excluding hydrogens is 368 g/mol. The lowest BCUT2D eigenvalue weighted by molar-refractivity contribution is 0.159. The van der Waals surface area contributed by atoms with Gasteiger partial charge in [0.25, 0.3) is 0 Å². The molecule has 3 rings (SSSR count). The molecule has 0 saturated carbocycles. The Balaban J connectivity index is 1.68. The number of hydrogen-bond acceptors (Lipinski definition) is 2. The summed E-state index contributed by atoms with van der Waals surface area (Å²) in [6, 6.07) is 13.5. The van der Waals surface area contributed by atoms with E-state index in [0.29, 0.717) is 6.42 Å². The molecule has 0 heterocycles. The number of aryl methyl sites for hydroxylation is 1. The van der Waals surface area contributed by atoms with Crippen molar-refractivity contribution in [1.82, 2.24) is 5.32 Å². The smallest absolute Gasteiger partial charge is 0.319 e. The molecule has 0 aromatic heterocycles. The van der Waals surface area contributed by atoms with Gasteiger partial charge in [0, 0.05) is 16.6 Å². The van der Waals surface area contributed by atoms with Gasteiger partial charge in [-0.25, -0.2) is 4.79 Å². The van der Waals surface area contributed by atoms with Crippen LogP contribution in [0, 0.1) is 0 Å². The maximum Gasteiger partial charge on any atom is 0.319 e. The summed E-state index contributed by atoms with van der Waals surface area (Å²) in [6.07, 6.45) is 1.89. The molecule has 4 nitrogen and oxygen atoms in total. The van der Waals surface area contributed by atoms with E-state index < -0.39 is 0 Å². The minimum absolute atomic E-state index is 0.0942. The second-order valence-electron chi connectivity index (χ2n) is 6.21. The summed E-state index contributed by atoms with van der Waals surface area (Å²) in [7, 11) is 0. The number of halogens is 1. The Labute approximate surface area is 150 Å². The molecule has 2 amide bonds. The standard InChI is InChI=1S/C19H21BrN2O2/c1-12(13-5-8-15(20)9-6-13)21-19(24)22-18-4-2-3-14-7-10-16(23)11-17(14)18/h2-6,8-9,12,16,23H,7,10-11H2,1H3,(H2,21,22,24). The first-order chi connectivity index (χ1) is 11.5. The van der Waals surface area contributed by atoms with Crippen LogP contribution in [0.15, 0.2) is 46.9 Å². The summed E-state index contributed by atoms with van der Waals surface area (Å²) in [5, 5.41) is 15.8. The molecule has 0 radical (unpaired) electrons. The van der Waals surface area contributed by atoms with Gasteiger partial charge in [0.2, 0.25) is 0 Å². The fourth-order valence-corrected chi connectivity index (χ4v) is 3.34. The van der Waals surface area contributed by atoms with Gasteiger partial charge < -0.3 is 15.7 Å². The van der Waals surface area contributed by atoms with Crippen LogP contribution in [0.4, 0.5) is 10.5 Å². The number of urea groups is 1. The van der Waals surface area contributed by atoms with Crippen molar-refractivity contribution in [2.45, 2.75) is 38.3 Å². The van der Waals surface area contributed by atoms with Crippen LogP contribution < -0.4 is 10.6 Å². The van der Waals surface area contributed by atoms with E-state index >= 15 is 0 Å². The van der Waals surface area contributed by atoms with E-state index in [9.17, 15) is 9.90 Å². The van der Waals surface area contributed by atoms with Gasteiger partial charge in [0.1, 0.15) is 0 Å². The van der Waals surface area contributed by atoms with Crippen LogP contribution in [0.25, 0.3) is 0 Å². The maximum absolute atomic E-state index is 12.3. The van der Waals surface area contributed by atoms with Crippen molar-refractivity contribution in [2.75, 3.05) is 5.32 Å². The highest BCUT2D eigenvalue weighted by atomic mass is 79.9. The molecule has 0 aliphatic heterocycles. The minimum atomic E-state index is -0.329. The summed E-state index contributed by atoms with van der Waals surface area (Å²) in [4.78, 5) is 12.3. The molecule has 1 aliphatic rings. The Hall–Kier alpha value is -1.85. The maximum atomic E-state index is 12.3. The summed E-state index contributed by atoms with van der Waals surface area (Å²) in [5.41, 5.74) is 4.08. The fourth-order valence-electron chi connectivity index (χ4n) is 3.08. The number of benzene rings is 2. The van der Waals surface area contributed by atoms with Crippen LogP contribution in [0.3, 0.4) is 0 Å². The van der Waals surface area contributed by atoms with E-state index in [1.54, 1.807) is 0 Å². The Bertz CT molecular complexity index is 731. The zero-order valence-corrected chi connectivity index (χ0v) is 15.1. The molecule has 2 aromatic rings. The number of carbonyl (C=O) groups excluding carboxylic acids is 1. The summed E-state index contributed by atoms with van der Waals surface area (Å²) >= 11 is 3.41. The quantitative estimate of drug-likeness (QED) is 0.738. The molecule has 0 spiro atoms. The molecule has 0 bridgehead atoms. The summed E-state index contributed by atoms with van der Waals surface area (Å²) < 4.78 is 1.01. The van der Waals surface area contributed by atoms with Gasteiger partial charge in [-0.3, -0.25) is 0 Å². The monoisotopic (exact) mass is 388 g/mol. The molecule has 0 saturated heterocycles. The number of nitrogens with one attached hydrogen (secondary N) is 2. The van der Waals surface area contributed by atoms with Crippen LogP contribution in [0.5, 0.6) is 0 Å². The first kappa shape index (κ1) is 17.0. The van der Waals surface area contributed by atoms with Crippen molar-refractivity contribution < 1.29 is 9.90 Å². The summed E-state index contributed by atoms with van der Waals surface area (Å²) in [6.45, 7) is 1.95. The Kier molecular flexibility index (Phi) is 5.21. The first-order valence-corrected chi connectivity index (χ1v) is 8.94. The van der Waals surface area contributed by atoms with Crippen LogP contribution in [0.1, 0.15) is 36.1 Å². The van der Waals surface area contributed by atoms with Crippen LogP contribution in [-0.4, -0.2) is 17.2 Å². The number of carbonyl (C=O) groups is 1. The van der Waals surface area contributed by atoms with Crippen molar-refractivity contribution in [3.8, 4) is 0 Å². The fraction of sp³-hybridized carbons (Fsp3) is 0.316. The number of hydrogen-bond donors (Lipinski definition) is 3. The number of aliphatic hydroxyl groups excluding tert-OH is 1. The molecule has 1 aliphatic carbocycles. The SMILES string of the molecule is CC(NC(=O)Nc1cccc2c1CC(O)CC2)c1ccc(Br)cc1. The van der Waals surface area contributed by atoms with Gasteiger partial charge in [-0.05, 0) is 54.7 Å². The molecule has 126 valence electrons. The molecule has 5 heteroatoms. The van der Waals surface area contributed by atoms with E-state index in [4.69, 9.17) is 0 Å². The molecule has 3 N–H and O–H groups in total. The van der Waals surface area contributed by atoms with Crippen molar-refractivity contribution in [1.29, 1.82) is 0 Å². The second-order valence-corrected chi connectivity index (χ2v) is 7.13. The van der Waals surface area contributed by atoms with Gasteiger partial charge in [-0.2, -0.15) is 0 Å². The highest BCUT2D eigenvalue weighted by Gasteiger charge is 2.20. The van der Waals surface area contributed by atoms with E-state index in [1.807, 2.05) is 43.3 Å². The predicted molar refractivity (Wildman–Crippen MR) is 99.2 cm³/mol. The highest BCUT2D eigenvalue weighted by Crippen LogP contribution is 2.28. The van der Waals surface area contributed by atoms with E-state index in [0.717, 1.165) is 34.1 Å². The number of aliphatic hydroxyl groups is 1. The average molecular weight is 389 g/mol. The van der Waals surface area contributed by atoms with Gasteiger partial charge >= 0.3 is 6.03 Å². The molecule has 0 fully saturated rings. The third-order valence-corrected chi connectivity index (χ3v) is 4.95. The highest BCUT2D eigenvalue weighted by molar-refractivity contribution is 9.10. The van der Waals surface area contributed by atoms with E-state index in [-0.39, 0.29) is 18.2 Å². The Morgan fingerprint density at radius 2 is 2.00 bits per heavy atom. The molecule has 24 heavy (non-hydrogen) atoms. The molecule has 2 aromatic carbocycles. The summed E-state index contributed by atoms with van der Waals surface area (Å²) in [5.74, 6) is 0. The Morgan fingerprint density at radius 3 is 2.75 bits per heavy atom. The number of fused-ring (bicyclic) bond motifs is 1. The van der Waals surface area contributed by atoms with Crippen molar-refractivity contribution in [2.24, 2.45) is 0 Å². The number of anilines is 1. The Morgan fingerprint density at radius 1 is 1.25 bits per heavy atom. The van der Waals surface area contributed by atoms with Gasteiger partial charge in [0.05, 0.1) is 12.1 Å². The topological polar surface area (TPSA) is 61.4 Å².